The second-order valence-corrected chi connectivity index (χ2v) is 10.5. The van der Waals surface area contributed by atoms with Crippen LogP contribution < -0.4 is 4.74 Å². The molecule has 0 aliphatic rings. The summed E-state index contributed by atoms with van der Waals surface area (Å²) in [5.74, 6) is 1.98. The van der Waals surface area contributed by atoms with Crippen LogP contribution in [-0.2, 0) is 21.1 Å². The molecule has 0 saturated heterocycles. The molecule has 5 aromatic carbocycles. The second kappa shape index (κ2) is 12.4. The Bertz CT molecular complexity index is 2250. The van der Waals surface area contributed by atoms with Gasteiger partial charge < -0.3 is 9.30 Å². The van der Waals surface area contributed by atoms with E-state index in [1.807, 2.05) is 54.7 Å². The Kier molecular flexibility index (Phi) is 7.81. The van der Waals surface area contributed by atoms with E-state index in [1.165, 1.54) is 0 Å². The Morgan fingerprint density at radius 3 is 2.07 bits per heavy atom. The van der Waals surface area contributed by atoms with Gasteiger partial charge in [0.15, 0.2) is 0 Å². The molecular formula is C40H25N3OPt. The maximum atomic E-state index is 5.99. The van der Waals surface area contributed by atoms with Gasteiger partial charge in [0.25, 0.3) is 0 Å². The normalized spacial score (nSPS) is 10.9. The van der Waals surface area contributed by atoms with Crippen molar-refractivity contribution in [3.05, 3.63) is 164 Å². The molecular weight excluding hydrogens is 734 g/mol. The number of rotatable bonds is 6. The van der Waals surface area contributed by atoms with E-state index in [1.54, 1.807) is 6.20 Å². The fourth-order valence-corrected chi connectivity index (χ4v) is 5.82. The van der Waals surface area contributed by atoms with Gasteiger partial charge in [-0.1, -0.05) is 90.3 Å². The molecule has 216 valence electrons. The minimum Gasteiger partial charge on any atom is -0.460 e. The van der Waals surface area contributed by atoms with Crippen molar-refractivity contribution in [2.45, 2.75) is 0 Å². The van der Waals surface area contributed by atoms with Gasteiger partial charge in [0, 0.05) is 35.3 Å². The molecule has 3 heterocycles. The zero-order chi connectivity index (χ0) is 29.3. The first-order chi connectivity index (χ1) is 21.8. The van der Waals surface area contributed by atoms with Crippen LogP contribution in [0.5, 0.6) is 11.6 Å². The van der Waals surface area contributed by atoms with E-state index in [0.717, 1.165) is 61.0 Å². The molecule has 3 aromatic heterocycles. The smallest absolute Gasteiger partial charge is 0.460 e. The summed E-state index contributed by atoms with van der Waals surface area (Å²) in [5, 5.41) is 2.25. The molecule has 0 aliphatic carbocycles. The number of aromatic nitrogens is 3. The van der Waals surface area contributed by atoms with E-state index >= 15 is 0 Å². The number of para-hydroxylation sites is 1. The molecule has 0 unspecified atom stereocenters. The number of ether oxygens (including phenoxy) is 1. The van der Waals surface area contributed by atoms with E-state index < -0.39 is 0 Å². The Morgan fingerprint density at radius 1 is 0.533 bits per heavy atom. The fourth-order valence-electron chi connectivity index (χ4n) is 5.82. The SMILES string of the molecule is [Pt+2].[c-]1c(Oc2ccccn2)cccc1-c1[c-]c2c(cc1)c1ccccc1n2-c1nccc(-c2ccccc2)c1-c1ccccc1. The summed E-state index contributed by atoms with van der Waals surface area (Å²) < 4.78 is 8.24. The molecule has 0 saturated carbocycles. The largest absolute Gasteiger partial charge is 2.00 e. The van der Waals surface area contributed by atoms with Crippen molar-refractivity contribution in [1.82, 2.24) is 14.5 Å². The van der Waals surface area contributed by atoms with E-state index in [2.05, 4.69) is 113 Å². The standard InChI is InChI=1S/C40H25N3O.Pt/c1-3-12-28(13-4-1)33-23-25-42-40(39(33)29-14-5-2-6-15-29)43-36-19-8-7-18-34(36)35-22-21-31(27-37(35)43)30-16-11-17-32(26-30)44-38-20-9-10-24-41-38;/h1-25H;/q-2;+2. The molecule has 4 nitrogen and oxygen atoms in total. The average molecular weight is 759 g/mol. The van der Waals surface area contributed by atoms with Gasteiger partial charge in [0.05, 0.1) is 0 Å². The number of hydrogen-bond acceptors (Lipinski definition) is 3. The van der Waals surface area contributed by atoms with Crippen molar-refractivity contribution in [3.8, 4) is 50.8 Å². The van der Waals surface area contributed by atoms with E-state index in [0.29, 0.717) is 11.6 Å². The first-order valence-corrected chi connectivity index (χ1v) is 14.5. The minimum atomic E-state index is 0. The topological polar surface area (TPSA) is 39.9 Å². The number of benzene rings is 5. The molecule has 8 aromatic rings. The molecule has 45 heavy (non-hydrogen) atoms. The fraction of sp³-hybridized carbons (Fsp3) is 0. The number of nitrogens with zero attached hydrogens (tertiary/aromatic N) is 3. The molecule has 0 fully saturated rings. The van der Waals surface area contributed by atoms with Gasteiger partial charge in [0.2, 0.25) is 5.88 Å². The molecule has 0 spiro atoms. The predicted molar refractivity (Wildman–Crippen MR) is 177 cm³/mol. The van der Waals surface area contributed by atoms with Crippen molar-refractivity contribution in [3.63, 3.8) is 0 Å². The van der Waals surface area contributed by atoms with Gasteiger partial charge >= 0.3 is 21.1 Å². The van der Waals surface area contributed by atoms with E-state index in [4.69, 9.17) is 9.72 Å². The van der Waals surface area contributed by atoms with E-state index in [-0.39, 0.29) is 21.1 Å². The van der Waals surface area contributed by atoms with Crippen molar-refractivity contribution in [1.29, 1.82) is 0 Å². The van der Waals surface area contributed by atoms with Gasteiger partial charge in [-0.15, -0.1) is 18.2 Å². The van der Waals surface area contributed by atoms with Crippen LogP contribution in [0.2, 0.25) is 0 Å². The summed E-state index contributed by atoms with van der Waals surface area (Å²) in [6.45, 7) is 0. The second-order valence-electron chi connectivity index (χ2n) is 10.5. The van der Waals surface area contributed by atoms with Crippen LogP contribution >= 0.6 is 0 Å². The van der Waals surface area contributed by atoms with Crippen molar-refractivity contribution in [2.75, 3.05) is 0 Å². The third-order valence-electron chi connectivity index (χ3n) is 7.78. The van der Waals surface area contributed by atoms with Gasteiger partial charge in [-0.25, -0.2) is 21.1 Å². The first kappa shape index (κ1) is 28.5. The number of hydrogen-bond donors (Lipinski definition) is 0. The summed E-state index contributed by atoms with van der Waals surface area (Å²) in [6, 6.07) is 54.5. The quantitative estimate of drug-likeness (QED) is 0.159. The zero-order valence-corrected chi connectivity index (χ0v) is 26.3. The van der Waals surface area contributed by atoms with Crippen LogP contribution in [0, 0.1) is 12.1 Å². The van der Waals surface area contributed by atoms with Gasteiger partial charge in [-0.2, -0.15) is 24.3 Å². The molecule has 0 N–H and O–H groups in total. The summed E-state index contributed by atoms with van der Waals surface area (Å²) in [7, 11) is 0. The van der Waals surface area contributed by atoms with Gasteiger partial charge in [-0.3, -0.25) is 0 Å². The van der Waals surface area contributed by atoms with Crippen molar-refractivity contribution in [2.24, 2.45) is 0 Å². The minimum absolute atomic E-state index is 0. The monoisotopic (exact) mass is 758 g/mol. The molecule has 5 heteroatoms. The van der Waals surface area contributed by atoms with Crippen LogP contribution in [0.15, 0.2) is 152 Å². The molecule has 0 atom stereocenters. The van der Waals surface area contributed by atoms with Crippen LogP contribution in [0.1, 0.15) is 0 Å². The Hall–Kier alpha value is -5.31. The van der Waals surface area contributed by atoms with Gasteiger partial charge in [0.1, 0.15) is 5.82 Å². The van der Waals surface area contributed by atoms with Crippen molar-refractivity contribution < 1.29 is 25.8 Å². The first-order valence-electron chi connectivity index (χ1n) is 14.5. The Morgan fingerprint density at radius 2 is 1.27 bits per heavy atom. The van der Waals surface area contributed by atoms with E-state index in [9.17, 15) is 0 Å². The summed E-state index contributed by atoms with van der Waals surface area (Å²) in [6.07, 6.45) is 3.62. The maximum absolute atomic E-state index is 5.99. The van der Waals surface area contributed by atoms with Gasteiger partial charge in [-0.05, 0) is 45.8 Å². The maximum Gasteiger partial charge on any atom is 2.00 e. The van der Waals surface area contributed by atoms with Crippen molar-refractivity contribution >= 4 is 21.8 Å². The summed E-state index contributed by atoms with van der Waals surface area (Å²) in [5.41, 5.74) is 8.24. The van der Waals surface area contributed by atoms with Crippen LogP contribution in [0.25, 0.3) is 61.0 Å². The summed E-state index contributed by atoms with van der Waals surface area (Å²) >= 11 is 0. The average Bonchev–Trinajstić information content (AvgIpc) is 3.43. The molecule has 8 rings (SSSR count). The predicted octanol–water partition coefficient (Wildman–Crippen LogP) is 9.96. The molecule has 0 amide bonds. The third-order valence-corrected chi connectivity index (χ3v) is 7.78. The number of fused-ring (bicyclic) bond motifs is 3. The zero-order valence-electron chi connectivity index (χ0n) is 24.0. The third kappa shape index (κ3) is 5.35. The van der Waals surface area contributed by atoms with Crippen LogP contribution in [0.3, 0.4) is 0 Å². The van der Waals surface area contributed by atoms with Crippen LogP contribution in [0.4, 0.5) is 0 Å². The van der Waals surface area contributed by atoms with Crippen LogP contribution in [-0.4, -0.2) is 14.5 Å². The Balaban J connectivity index is 0.00000325. The molecule has 0 bridgehead atoms. The molecule has 0 radical (unpaired) electrons. The molecule has 0 aliphatic heterocycles. The Labute approximate surface area is 275 Å². The number of pyridine rings is 2. The summed E-state index contributed by atoms with van der Waals surface area (Å²) in [4.78, 5) is 9.34.